The van der Waals surface area contributed by atoms with Gasteiger partial charge >= 0.3 is 0 Å². The smallest absolute Gasteiger partial charge is 0.179 e. The van der Waals surface area contributed by atoms with Crippen molar-refractivity contribution in [1.82, 2.24) is 0 Å². The van der Waals surface area contributed by atoms with E-state index in [1.165, 1.54) is 48.5 Å². The molecule has 134 valence electrons. The number of azide groups is 2. The van der Waals surface area contributed by atoms with Crippen molar-refractivity contribution in [2.24, 2.45) is 10.2 Å². The average molecular weight is 392 g/mol. The third kappa shape index (κ3) is 4.74. The van der Waals surface area contributed by atoms with E-state index in [0.29, 0.717) is 0 Å². The summed E-state index contributed by atoms with van der Waals surface area (Å²) in [5, 5.41) is 6.67. The van der Waals surface area contributed by atoms with Gasteiger partial charge in [-0.1, -0.05) is 34.5 Å². The molecule has 0 unspecified atom stereocenters. The lowest BCUT2D eigenvalue weighted by molar-refractivity contribution is 0.587. The normalized spacial score (nSPS) is 11.2. The van der Waals surface area contributed by atoms with Gasteiger partial charge in [0.05, 0.1) is 21.3 Å². The lowest BCUT2D eigenvalue weighted by Crippen LogP contribution is -2.17. The van der Waals surface area contributed by atoms with Crippen molar-refractivity contribution in [3.05, 3.63) is 69.4 Å². The van der Waals surface area contributed by atoms with E-state index < -0.39 is 31.2 Å². The second kappa shape index (κ2) is 7.89. The van der Waals surface area contributed by atoms with E-state index in [4.69, 9.17) is 11.1 Å². The maximum Gasteiger partial charge on any atom is 0.179 e. The highest BCUT2D eigenvalue weighted by molar-refractivity contribution is 7.95. The molecule has 0 heterocycles. The van der Waals surface area contributed by atoms with E-state index in [9.17, 15) is 16.8 Å². The summed E-state index contributed by atoms with van der Waals surface area (Å²) < 4.78 is 49.2. The van der Waals surface area contributed by atoms with Crippen LogP contribution in [0, 0.1) is 0 Å². The third-order valence-electron chi connectivity index (χ3n) is 3.33. The molecule has 2 aromatic carbocycles. The molecule has 0 saturated carbocycles. The van der Waals surface area contributed by atoms with E-state index >= 15 is 0 Å². The Morgan fingerprint density at radius 3 is 1.23 bits per heavy atom. The van der Waals surface area contributed by atoms with Crippen molar-refractivity contribution in [3.8, 4) is 0 Å². The highest BCUT2D eigenvalue weighted by atomic mass is 32.2. The zero-order valence-corrected chi connectivity index (χ0v) is 14.8. The molecular weight excluding hydrogens is 380 g/mol. The van der Waals surface area contributed by atoms with Gasteiger partial charge in [-0.3, -0.25) is 0 Å². The molecule has 0 bridgehead atoms. The Kier molecular flexibility index (Phi) is 5.86. The molecule has 10 nitrogen and oxygen atoms in total. The van der Waals surface area contributed by atoms with Crippen LogP contribution in [0.5, 0.6) is 0 Å². The van der Waals surface area contributed by atoms with Crippen LogP contribution >= 0.6 is 0 Å². The first-order valence-corrected chi connectivity index (χ1v) is 10.3. The molecule has 0 N–H and O–H groups in total. The summed E-state index contributed by atoms with van der Waals surface area (Å²) in [7, 11) is -7.66. The maximum absolute atomic E-state index is 12.3. The van der Waals surface area contributed by atoms with E-state index in [-0.39, 0.29) is 21.2 Å². The summed E-state index contributed by atoms with van der Waals surface area (Å²) >= 11 is 0. The quantitative estimate of drug-likeness (QED) is 0.397. The number of nitrogens with zero attached hydrogens (tertiary/aromatic N) is 6. The van der Waals surface area contributed by atoms with Crippen molar-refractivity contribution < 1.29 is 16.8 Å². The highest BCUT2D eigenvalue weighted by Gasteiger charge is 2.21. The minimum absolute atomic E-state index is 0.0664. The molecule has 12 heteroatoms. The monoisotopic (exact) mass is 392 g/mol. The zero-order valence-electron chi connectivity index (χ0n) is 13.2. The summed E-state index contributed by atoms with van der Waals surface area (Å²) in [4.78, 5) is 5.04. The van der Waals surface area contributed by atoms with Gasteiger partial charge in [-0.2, -0.15) is 0 Å². The van der Waals surface area contributed by atoms with Crippen LogP contribution in [0.2, 0.25) is 0 Å². The number of rotatable bonds is 7. The zero-order chi connectivity index (χ0) is 19.2. The Bertz CT molecular complexity index is 1010. The second-order valence-corrected chi connectivity index (χ2v) is 9.22. The summed E-state index contributed by atoms with van der Waals surface area (Å²) in [6, 6.07) is 10.3. The van der Waals surface area contributed by atoms with Crippen molar-refractivity contribution in [3.63, 3.8) is 0 Å². The van der Waals surface area contributed by atoms with Crippen LogP contribution < -0.4 is 0 Å². The third-order valence-corrected chi connectivity index (χ3v) is 7.06. The van der Waals surface area contributed by atoms with E-state index in [1.807, 2.05) is 0 Å². The number of benzene rings is 2. The first kappa shape index (κ1) is 19.3. The van der Waals surface area contributed by atoms with Crippen molar-refractivity contribution in [1.29, 1.82) is 0 Å². The molecule has 2 rings (SSSR count). The highest BCUT2D eigenvalue weighted by Crippen LogP contribution is 2.20. The van der Waals surface area contributed by atoms with Gasteiger partial charge in [0, 0.05) is 21.2 Å². The number of sulfone groups is 2. The van der Waals surface area contributed by atoms with Crippen LogP contribution in [0.15, 0.2) is 68.6 Å². The average Bonchev–Trinajstić information content (AvgIpc) is 2.62. The van der Waals surface area contributed by atoms with Crippen LogP contribution in [-0.2, 0) is 19.7 Å². The molecule has 0 amide bonds. The van der Waals surface area contributed by atoms with E-state index in [2.05, 4.69) is 20.1 Å². The van der Waals surface area contributed by atoms with Crippen LogP contribution in [0.25, 0.3) is 20.9 Å². The first-order chi connectivity index (χ1) is 12.3. The van der Waals surface area contributed by atoms with Crippen molar-refractivity contribution >= 4 is 31.0 Å². The van der Waals surface area contributed by atoms with Crippen LogP contribution in [0.1, 0.15) is 0 Å². The predicted molar refractivity (Wildman–Crippen MR) is 94.6 cm³/mol. The van der Waals surface area contributed by atoms with Crippen LogP contribution in [0.4, 0.5) is 11.4 Å². The predicted octanol–water partition coefficient (Wildman–Crippen LogP) is 3.82. The molecule has 0 atom stereocenters. The molecule has 0 aliphatic heterocycles. The van der Waals surface area contributed by atoms with Gasteiger partial charge in [-0.15, -0.1) is 0 Å². The molecule has 0 aliphatic carbocycles. The van der Waals surface area contributed by atoms with Crippen molar-refractivity contribution in [2.75, 3.05) is 11.5 Å². The summed E-state index contributed by atoms with van der Waals surface area (Å²) in [6.07, 6.45) is 0. The first-order valence-electron chi connectivity index (χ1n) is 7.04. The second-order valence-electron chi connectivity index (χ2n) is 5.00. The van der Waals surface area contributed by atoms with E-state index in [1.54, 1.807) is 0 Å². The van der Waals surface area contributed by atoms with Gasteiger partial charge < -0.3 is 0 Å². The van der Waals surface area contributed by atoms with Gasteiger partial charge in [-0.25, -0.2) is 16.8 Å². The van der Waals surface area contributed by atoms with Crippen LogP contribution in [0.3, 0.4) is 0 Å². The molecule has 2 aromatic rings. The Balaban J connectivity index is 2.16. The minimum atomic E-state index is -3.83. The fraction of sp³-hybridized carbons (Fsp3) is 0.143. The number of hydrogen-bond acceptors (Lipinski definition) is 6. The van der Waals surface area contributed by atoms with Crippen LogP contribution in [-0.4, -0.2) is 28.3 Å². The topological polar surface area (TPSA) is 166 Å². The van der Waals surface area contributed by atoms with Crippen molar-refractivity contribution in [2.45, 2.75) is 9.79 Å². The standard InChI is InChI=1S/C14H12N6O4S2/c15-19-17-11-1-5-13(6-2-11)25(21,22)9-10-26(23,24)14-7-3-12(4-8-14)18-20-16/h1-8H,9-10H2. The van der Waals surface area contributed by atoms with Gasteiger partial charge in [-0.05, 0) is 35.3 Å². The lowest BCUT2D eigenvalue weighted by atomic mass is 10.3. The Morgan fingerprint density at radius 1 is 0.654 bits per heavy atom. The molecule has 0 spiro atoms. The largest absolute Gasteiger partial charge is 0.224 e. The minimum Gasteiger partial charge on any atom is -0.224 e. The Labute approximate surface area is 149 Å². The fourth-order valence-corrected chi connectivity index (χ4v) is 5.33. The van der Waals surface area contributed by atoms with E-state index in [0.717, 1.165) is 0 Å². The molecule has 0 aromatic heterocycles. The molecular formula is C14H12N6O4S2. The lowest BCUT2D eigenvalue weighted by Gasteiger charge is -2.07. The number of hydrogen-bond donors (Lipinski definition) is 0. The van der Waals surface area contributed by atoms with Gasteiger partial charge in [0.1, 0.15) is 0 Å². The summed E-state index contributed by atoms with van der Waals surface area (Å²) in [5.41, 5.74) is 17.2. The SMILES string of the molecule is [N-]=[N+]=Nc1ccc(S(=O)(=O)CCS(=O)(=O)c2ccc(N=[N+]=[N-])cc2)cc1. The molecule has 26 heavy (non-hydrogen) atoms. The fourth-order valence-electron chi connectivity index (χ4n) is 2.00. The van der Waals surface area contributed by atoms with Gasteiger partial charge in [0.2, 0.25) is 0 Å². The molecule has 0 fully saturated rings. The van der Waals surface area contributed by atoms with Gasteiger partial charge in [0.15, 0.2) is 19.7 Å². The summed E-state index contributed by atoms with van der Waals surface area (Å²) in [6.45, 7) is 0. The molecule has 0 saturated heterocycles. The maximum atomic E-state index is 12.3. The Hall–Kier alpha value is -3.04. The Morgan fingerprint density at radius 2 is 0.962 bits per heavy atom. The van der Waals surface area contributed by atoms with Gasteiger partial charge in [0.25, 0.3) is 0 Å². The summed E-state index contributed by atoms with van der Waals surface area (Å²) in [5.74, 6) is -1.21. The molecule has 0 radical (unpaired) electrons. The molecule has 0 aliphatic rings.